The van der Waals surface area contributed by atoms with Crippen LogP contribution in [0.15, 0.2) is 17.1 Å². The predicted molar refractivity (Wildman–Crippen MR) is 106 cm³/mol. The average Bonchev–Trinajstić information content (AvgIpc) is 2.86. The van der Waals surface area contributed by atoms with Crippen LogP contribution in [0.3, 0.4) is 0 Å². The molecular weight excluding hydrogens is 515 g/mol. The van der Waals surface area contributed by atoms with Crippen molar-refractivity contribution in [3.63, 3.8) is 0 Å². The van der Waals surface area contributed by atoms with Crippen LogP contribution in [0, 0.1) is 12.3 Å². The van der Waals surface area contributed by atoms with Gasteiger partial charge >= 0.3 is 29.2 Å². The van der Waals surface area contributed by atoms with E-state index in [1.54, 1.807) is 0 Å². The number of ether oxygens (including phenoxy) is 2. The monoisotopic (exact) mass is 535 g/mol. The molecule has 7 N–H and O–H groups in total. The Morgan fingerprint density at radius 3 is 2.36 bits per heavy atom. The van der Waals surface area contributed by atoms with Crippen LogP contribution in [0.1, 0.15) is 13.2 Å². The average molecular weight is 535 g/mol. The number of nitrogens with two attached hydrogens (primary N) is 1. The largest absolute Gasteiger partial charge is 0.490 e. The quantitative estimate of drug-likeness (QED) is 0.161. The van der Waals surface area contributed by atoms with E-state index in [0.717, 1.165) is 17.9 Å². The Kier molecular flexibility index (Phi) is 7.82. The summed E-state index contributed by atoms with van der Waals surface area (Å²) in [7, 11) is -15.8. The van der Waals surface area contributed by atoms with E-state index in [2.05, 4.69) is 18.1 Å². The van der Waals surface area contributed by atoms with E-state index in [0.29, 0.717) is 0 Å². The molecule has 0 spiro atoms. The van der Waals surface area contributed by atoms with Gasteiger partial charge in [-0.25, -0.2) is 18.5 Å². The Morgan fingerprint density at radius 2 is 1.88 bits per heavy atom. The third-order valence-corrected chi connectivity index (χ3v) is 8.23. The lowest BCUT2D eigenvalue weighted by Crippen LogP contribution is -2.52. The minimum absolute atomic E-state index is 0.121. The number of aliphatic hydroxyl groups excluding tert-OH is 1. The Balaban J connectivity index is 2.34. The number of hydrogen-bond donors (Lipinski definition) is 6. The van der Waals surface area contributed by atoms with Gasteiger partial charge in [-0.15, -0.1) is 6.42 Å². The number of anilines is 1. The Labute approximate surface area is 185 Å². The smallest absolute Gasteiger partial charge is 0.386 e. The lowest BCUT2D eigenvalue weighted by molar-refractivity contribution is -0.124. The van der Waals surface area contributed by atoms with E-state index in [1.807, 2.05) is 5.92 Å². The second kappa shape index (κ2) is 9.29. The van der Waals surface area contributed by atoms with Crippen LogP contribution >= 0.6 is 23.5 Å². The van der Waals surface area contributed by atoms with Crippen molar-refractivity contribution in [3.8, 4) is 12.3 Å². The molecule has 6 unspecified atom stereocenters. The van der Waals surface area contributed by atoms with Crippen molar-refractivity contribution in [1.29, 1.82) is 0 Å². The molecule has 0 aromatic carbocycles. The molecule has 2 rings (SSSR count). The van der Waals surface area contributed by atoms with Crippen molar-refractivity contribution in [2.24, 2.45) is 0 Å². The summed E-state index contributed by atoms with van der Waals surface area (Å²) in [5.74, 6) is 1.89. The summed E-state index contributed by atoms with van der Waals surface area (Å²) in [4.78, 5) is 51.8. The highest BCUT2D eigenvalue weighted by molar-refractivity contribution is 7.66. The summed E-state index contributed by atoms with van der Waals surface area (Å²) in [5, 5.41) is 10.8. The molecule has 186 valence electrons. The van der Waals surface area contributed by atoms with Gasteiger partial charge in [0.2, 0.25) is 0 Å². The number of hydrogen-bond acceptors (Lipinski definition) is 12. The molecule has 6 atom stereocenters. The molecule has 1 fully saturated rings. The zero-order valence-electron chi connectivity index (χ0n) is 16.8. The first kappa shape index (κ1) is 27.8. The van der Waals surface area contributed by atoms with Crippen molar-refractivity contribution >= 4 is 29.3 Å². The van der Waals surface area contributed by atoms with Crippen molar-refractivity contribution in [1.82, 2.24) is 9.55 Å². The van der Waals surface area contributed by atoms with Crippen molar-refractivity contribution in [2.75, 3.05) is 19.5 Å². The lowest BCUT2D eigenvalue weighted by atomic mass is 9.88. The van der Waals surface area contributed by atoms with Gasteiger partial charge in [-0.2, -0.15) is 13.6 Å². The van der Waals surface area contributed by atoms with E-state index in [-0.39, 0.29) is 5.82 Å². The highest BCUT2D eigenvalue weighted by atomic mass is 31.3. The standard InChI is InChI=1S/C13H20N3O14P3/c1-4-13(7-27-32(22,23)30-33(24,25)29-31(19,20)21)9(17)12(2,26-3)10(28-13)16-6-5-8(14)15-11(16)18/h1,5-6,9-10,17H,7H2,2-3H3,(H,22,23)(H,24,25)(H2,14,15,18)(H2,19,20,21). The van der Waals surface area contributed by atoms with Gasteiger partial charge in [-0.3, -0.25) is 9.09 Å². The van der Waals surface area contributed by atoms with Crippen LogP contribution in [-0.2, 0) is 36.3 Å². The molecule has 1 aromatic heterocycles. The minimum Gasteiger partial charge on any atom is -0.386 e. The topological polar surface area (TPSA) is 259 Å². The zero-order valence-corrected chi connectivity index (χ0v) is 19.5. The van der Waals surface area contributed by atoms with Gasteiger partial charge in [0.15, 0.2) is 11.8 Å². The molecule has 17 nitrogen and oxygen atoms in total. The van der Waals surface area contributed by atoms with Gasteiger partial charge in [-0.1, -0.05) is 5.92 Å². The number of nitrogens with zero attached hydrogens (tertiary/aromatic N) is 2. The molecule has 0 aliphatic carbocycles. The first-order chi connectivity index (χ1) is 14.9. The number of methoxy groups -OCH3 is 1. The van der Waals surface area contributed by atoms with Gasteiger partial charge in [0.05, 0.1) is 0 Å². The lowest BCUT2D eigenvalue weighted by Gasteiger charge is -2.32. The summed E-state index contributed by atoms with van der Waals surface area (Å²) in [5.41, 5.74) is 0.449. The van der Waals surface area contributed by atoms with Crippen LogP contribution < -0.4 is 11.4 Å². The van der Waals surface area contributed by atoms with Crippen LogP contribution in [0.25, 0.3) is 0 Å². The van der Waals surface area contributed by atoms with Gasteiger partial charge in [0.25, 0.3) is 0 Å². The summed E-state index contributed by atoms with van der Waals surface area (Å²) in [6.07, 6.45) is 3.28. The molecule has 0 radical (unpaired) electrons. The summed E-state index contributed by atoms with van der Waals surface area (Å²) in [6, 6.07) is 1.23. The summed E-state index contributed by atoms with van der Waals surface area (Å²) in [6.45, 7) is 0.0933. The molecule has 33 heavy (non-hydrogen) atoms. The number of aliphatic hydroxyl groups is 1. The number of phosphoric acid groups is 3. The minimum atomic E-state index is -5.79. The number of terminal acetylenes is 1. The molecule has 0 bridgehead atoms. The first-order valence-electron chi connectivity index (χ1n) is 8.42. The van der Waals surface area contributed by atoms with Crippen molar-refractivity contribution < 1.29 is 61.0 Å². The second-order valence-corrected chi connectivity index (χ2v) is 11.1. The molecule has 1 saturated heterocycles. The normalized spacial score (nSPS) is 31.5. The highest BCUT2D eigenvalue weighted by Gasteiger charge is 2.63. The van der Waals surface area contributed by atoms with E-state index in [9.17, 15) is 33.4 Å². The molecule has 1 aromatic rings. The first-order valence-corrected chi connectivity index (χ1v) is 12.9. The third-order valence-electron chi connectivity index (χ3n) is 4.44. The molecule has 1 aliphatic heterocycles. The maximum Gasteiger partial charge on any atom is 0.490 e. The molecule has 2 heterocycles. The fourth-order valence-corrected chi connectivity index (χ4v) is 5.93. The SMILES string of the molecule is C#CC1(COP(=O)(O)OP(=O)(O)OP(=O)(O)O)OC(n2ccc(N)nc2=O)C(C)(OC)C1O. The fraction of sp³-hybridized carbons (Fsp3) is 0.538. The van der Waals surface area contributed by atoms with Gasteiger partial charge in [0, 0.05) is 13.3 Å². The number of phosphoric ester groups is 1. The Hall–Kier alpha value is -1.47. The zero-order chi connectivity index (χ0) is 25.5. The van der Waals surface area contributed by atoms with E-state index in [1.165, 1.54) is 13.0 Å². The number of aromatic nitrogens is 2. The van der Waals surface area contributed by atoms with Crippen molar-refractivity contribution in [2.45, 2.75) is 30.5 Å². The number of rotatable bonds is 9. The Bertz CT molecular complexity index is 1150. The van der Waals surface area contributed by atoms with Crippen LogP contribution in [-0.4, -0.2) is 65.3 Å². The predicted octanol–water partition coefficient (Wildman–Crippen LogP) is -1.16. The van der Waals surface area contributed by atoms with E-state index < -0.39 is 59.3 Å². The van der Waals surface area contributed by atoms with Crippen LogP contribution in [0.4, 0.5) is 5.82 Å². The maximum atomic E-state index is 12.3. The summed E-state index contributed by atoms with van der Waals surface area (Å²) < 4.78 is 57.7. The van der Waals surface area contributed by atoms with Crippen molar-refractivity contribution in [3.05, 3.63) is 22.7 Å². The van der Waals surface area contributed by atoms with E-state index in [4.69, 9.17) is 31.4 Å². The molecular formula is C13H20N3O14P3. The molecule has 0 saturated carbocycles. The van der Waals surface area contributed by atoms with E-state index >= 15 is 0 Å². The fourth-order valence-electron chi connectivity index (χ4n) is 2.88. The van der Waals surface area contributed by atoms with Crippen LogP contribution in [0.5, 0.6) is 0 Å². The maximum absolute atomic E-state index is 12.3. The molecule has 20 heteroatoms. The third kappa shape index (κ3) is 6.16. The van der Waals surface area contributed by atoms with Crippen LogP contribution in [0.2, 0.25) is 0 Å². The van der Waals surface area contributed by atoms with Gasteiger partial charge in [0.1, 0.15) is 24.1 Å². The van der Waals surface area contributed by atoms with Gasteiger partial charge in [-0.05, 0) is 13.0 Å². The Morgan fingerprint density at radius 1 is 1.27 bits per heavy atom. The summed E-state index contributed by atoms with van der Waals surface area (Å²) >= 11 is 0. The molecule has 0 amide bonds. The second-order valence-electron chi connectivity index (χ2n) is 6.70. The molecule has 1 aliphatic rings. The van der Waals surface area contributed by atoms with Gasteiger partial charge < -0.3 is 39.9 Å². The highest BCUT2D eigenvalue weighted by Crippen LogP contribution is 2.66. The number of nitrogen functional groups attached to an aromatic ring is 1.